The molecule has 0 aliphatic carbocycles. The topological polar surface area (TPSA) is 52.0 Å². The number of rotatable bonds is 4. The summed E-state index contributed by atoms with van der Waals surface area (Å²) in [6.07, 6.45) is 0.991. The van der Waals surface area contributed by atoms with Crippen LogP contribution in [0.1, 0.15) is 17.0 Å². The third-order valence-electron chi connectivity index (χ3n) is 2.60. The Kier molecular flexibility index (Phi) is 3.74. The van der Waals surface area contributed by atoms with Crippen molar-refractivity contribution in [2.45, 2.75) is 25.5 Å². The predicted molar refractivity (Wildman–Crippen MR) is 71.3 cm³/mol. The van der Waals surface area contributed by atoms with E-state index in [2.05, 4.69) is 17.1 Å². The quantitative estimate of drug-likeness (QED) is 0.667. The van der Waals surface area contributed by atoms with Crippen LogP contribution in [0, 0.1) is 13.8 Å². The lowest BCUT2D eigenvalue weighted by Gasteiger charge is -2.00. The van der Waals surface area contributed by atoms with E-state index in [-0.39, 0.29) is 0 Å². The Bertz CT molecular complexity index is 471. The Morgan fingerprint density at radius 2 is 1.94 bits per heavy atom. The molecule has 90 valence electrons. The summed E-state index contributed by atoms with van der Waals surface area (Å²) in [5.41, 5.74) is 8.70. The van der Waals surface area contributed by atoms with Crippen molar-refractivity contribution in [3.05, 3.63) is 41.3 Å². The first-order chi connectivity index (χ1) is 8.15. The molecular weight excluding hydrogens is 232 g/mol. The number of nitrogen functional groups attached to an aromatic ring is 1. The molecule has 17 heavy (non-hydrogen) atoms. The van der Waals surface area contributed by atoms with Gasteiger partial charge in [-0.2, -0.15) is 0 Å². The lowest BCUT2D eigenvalue weighted by atomic mass is 10.2. The second kappa shape index (κ2) is 5.27. The maximum atomic E-state index is 5.64. The van der Waals surface area contributed by atoms with Crippen LogP contribution in [-0.4, -0.2) is 10.7 Å². The number of aryl methyl sites for hydroxylation is 3. The predicted octanol–water partition coefficient (Wildman–Crippen LogP) is 3.21. The lowest BCUT2D eigenvalue weighted by molar-refractivity contribution is 0.431. The zero-order chi connectivity index (χ0) is 12.3. The van der Waals surface area contributed by atoms with Crippen LogP contribution in [-0.2, 0) is 6.42 Å². The van der Waals surface area contributed by atoms with Crippen molar-refractivity contribution in [2.75, 3.05) is 11.5 Å². The van der Waals surface area contributed by atoms with Gasteiger partial charge in [-0.3, -0.25) is 0 Å². The van der Waals surface area contributed by atoms with Crippen LogP contribution in [0.5, 0.6) is 0 Å². The van der Waals surface area contributed by atoms with Gasteiger partial charge in [-0.25, -0.2) is 4.98 Å². The number of aromatic nitrogens is 1. The molecular formula is C13H16N2OS. The first-order valence-corrected chi connectivity index (χ1v) is 6.55. The number of nitrogens with two attached hydrogens (primary N) is 1. The average Bonchev–Trinajstić information content (AvgIpc) is 2.61. The molecule has 1 aromatic heterocycles. The zero-order valence-electron chi connectivity index (χ0n) is 10.1. The van der Waals surface area contributed by atoms with E-state index in [9.17, 15) is 0 Å². The molecule has 0 radical (unpaired) electrons. The van der Waals surface area contributed by atoms with E-state index in [0.29, 0.717) is 0 Å². The molecule has 0 bridgehead atoms. The summed E-state index contributed by atoms with van der Waals surface area (Å²) in [7, 11) is 0. The first-order valence-electron chi connectivity index (χ1n) is 5.56. The fourth-order valence-corrected chi connectivity index (χ4v) is 2.34. The van der Waals surface area contributed by atoms with E-state index in [1.165, 1.54) is 5.56 Å². The molecule has 0 aliphatic heterocycles. The van der Waals surface area contributed by atoms with Crippen molar-refractivity contribution in [1.82, 2.24) is 4.98 Å². The van der Waals surface area contributed by atoms with Crippen molar-refractivity contribution >= 4 is 17.4 Å². The molecule has 0 aliphatic rings. The van der Waals surface area contributed by atoms with Crippen molar-refractivity contribution in [3.63, 3.8) is 0 Å². The summed E-state index contributed by atoms with van der Waals surface area (Å²) in [5, 5.41) is 0.760. The van der Waals surface area contributed by atoms with E-state index in [1.54, 1.807) is 11.8 Å². The summed E-state index contributed by atoms with van der Waals surface area (Å²) in [4.78, 5) is 4.33. The minimum atomic E-state index is 0.760. The fraction of sp³-hybridized carbons (Fsp3) is 0.308. The second-order valence-electron chi connectivity index (χ2n) is 3.96. The van der Waals surface area contributed by atoms with Gasteiger partial charge in [-0.15, -0.1) is 0 Å². The van der Waals surface area contributed by atoms with Gasteiger partial charge in [-0.1, -0.05) is 23.9 Å². The molecule has 2 N–H and O–H groups in total. The molecule has 0 unspecified atom stereocenters. The number of anilines is 1. The Balaban J connectivity index is 1.85. The largest absolute Gasteiger partial charge is 0.437 e. The van der Waals surface area contributed by atoms with Crippen LogP contribution in [0.3, 0.4) is 0 Å². The van der Waals surface area contributed by atoms with Crippen LogP contribution < -0.4 is 5.73 Å². The number of thioether (sulfide) groups is 1. The third-order valence-corrected chi connectivity index (χ3v) is 3.43. The van der Waals surface area contributed by atoms with Crippen molar-refractivity contribution in [1.29, 1.82) is 0 Å². The van der Waals surface area contributed by atoms with Crippen LogP contribution in [0.4, 0.5) is 5.69 Å². The van der Waals surface area contributed by atoms with Crippen molar-refractivity contribution < 1.29 is 4.42 Å². The smallest absolute Gasteiger partial charge is 0.256 e. The van der Waals surface area contributed by atoms with Gasteiger partial charge < -0.3 is 10.2 Å². The minimum Gasteiger partial charge on any atom is -0.437 e. The number of oxazole rings is 1. The second-order valence-corrected chi connectivity index (χ2v) is 5.01. The standard InChI is InChI=1S/C13H16N2OS/c1-9-10(2)16-13(15-9)17-8-7-11-3-5-12(14)6-4-11/h3-6H,7-8,14H2,1-2H3. The monoisotopic (exact) mass is 248 g/mol. The van der Waals surface area contributed by atoms with Gasteiger partial charge in [-0.05, 0) is 38.0 Å². The molecule has 0 fully saturated rings. The zero-order valence-corrected chi connectivity index (χ0v) is 10.9. The molecule has 0 atom stereocenters. The summed E-state index contributed by atoms with van der Waals surface area (Å²) in [6, 6.07) is 7.97. The SMILES string of the molecule is Cc1nc(SCCc2ccc(N)cc2)oc1C. The number of hydrogen-bond acceptors (Lipinski definition) is 4. The number of nitrogens with zero attached hydrogens (tertiary/aromatic N) is 1. The summed E-state index contributed by atoms with van der Waals surface area (Å²) in [6.45, 7) is 3.90. The van der Waals surface area contributed by atoms with Gasteiger partial charge in [0.25, 0.3) is 5.22 Å². The van der Waals surface area contributed by atoms with Crippen LogP contribution in [0.15, 0.2) is 33.9 Å². The highest BCUT2D eigenvalue weighted by molar-refractivity contribution is 7.99. The van der Waals surface area contributed by atoms with Crippen LogP contribution >= 0.6 is 11.8 Å². The third kappa shape index (κ3) is 3.27. The average molecular weight is 248 g/mol. The molecule has 1 aromatic carbocycles. The van der Waals surface area contributed by atoms with E-state index in [4.69, 9.17) is 10.2 Å². The van der Waals surface area contributed by atoms with Gasteiger partial charge >= 0.3 is 0 Å². The Morgan fingerprint density at radius 3 is 2.53 bits per heavy atom. The highest BCUT2D eigenvalue weighted by Gasteiger charge is 2.05. The molecule has 0 spiro atoms. The molecule has 0 saturated heterocycles. The van der Waals surface area contributed by atoms with E-state index < -0.39 is 0 Å². The molecule has 4 heteroatoms. The van der Waals surface area contributed by atoms with Crippen LogP contribution in [0.25, 0.3) is 0 Å². The molecule has 2 aromatic rings. The van der Waals surface area contributed by atoms with Gasteiger partial charge in [0.2, 0.25) is 0 Å². The van der Waals surface area contributed by atoms with E-state index in [0.717, 1.165) is 34.5 Å². The van der Waals surface area contributed by atoms with Gasteiger partial charge in [0.05, 0.1) is 5.69 Å². The van der Waals surface area contributed by atoms with Crippen molar-refractivity contribution in [3.8, 4) is 0 Å². The number of benzene rings is 1. The van der Waals surface area contributed by atoms with Gasteiger partial charge in [0.1, 0.15) is 5.76 Å². The summed E-state index contributed by atoms with van der Waals surface area (Å²) < 4.78 is 5.50. The van der Waals surface area contributed by atoms with Gasteiger partial charge in [0, 0.05) is 11.4 Å². The summed E-state index contributed by atoms with van der Waals surface area (Å²) in [5.74, 6) is 1.86. The Morgan fingerprint density at radius 1 is 1.24 bits per heavy atom. The van der Waals surface area contributed by atoms with Crippen LogP contribution in [0.2, 0.25) is 0 Å². The molecule has 0 saturated carbocycles. The fourth-order valence-electron chi connectivity index (χ4n) is 1.45. The van der Waals surface area contributed by atoms with E-state index >= 15 is 0 Å². The molecule has 1 heterocycles. The van der Waals surface area contributed by atoms with E-state index in [1.807, 2.05) is 26.0 Å². The maximum Gasteiger partial charge on any atom is 0.256 e. The maximum absolute atomic E-state index is 5.64. The van der Waals surface area contributed by atoms with Gasteiger partial charge in [0.15, 0.2) is 0 Å². The Hall–Kier alpha value is -1.42. The first kappa shape index (κ1) is 12.0. The minimum absolute atomic E-state index is 0.760. The normalized spacial score (nSPS) is 10.7. The number of hydrogen-bond donors (Lipinski definition) is 1. The summed E-state index contributed by atoms with van der Waals surface area (Å²) >= 11 is 1.65. The lowest BCUT2D eigenvalue weighted by Crippen LogP contribution is -1.90. The highest BCUT2D eigenvalue weighted by atomic mass is 32.2. The van der Waals surface area contributed by atoms with Crippen molar-refractivity contribution in [2.24, 2.45) is 0 Å². The Labute approximate surface area is 105 Å². The molecule has 3 nitrogen and oxygen atoms in total. The highest BCUT2D eigenvalue weighted by Crippen LogP contribution is 2.21. The molecule has 2 rings (SSSR count). The molecule has 0 amide bonds.